The predicted molar refractivity (Wildman–Crippen MR) is 68.7 cm³/mol. The van der Waals surface area contributed by atoms with E-state index in [-0.39, 0.29) is 6.42 Å². The van der Waals surface area contributed by atoms with E-state index in [1.807, 2.05) is 12.1 Å². The van der Waals surface area contributed by atoms with Crippen molar-refractivity contribution in [1.82, 2.24) is 19.9 Å². The fourth-order valence-electron chi connectivity index (χ4n) is 1.72. The molecule has 0 bridgehead atoms. The van der Waals surface area contributed by atoms with Gasteiger partial charge in [-0.15, -0.1) is 0 Å². The molecule has 2 heterocycles. The third kappa shape index (κ3) is 2.04. The van der Waals surface area contributed by atoms with Crippen LogP contribution in [0.3, 0.4) is 0 Å². The van der Waals surface area contributed by atoms with Crippen LogP contribution in [0.2, 0.25) is 0 Å². The first-order valence-electron chi connectivity index (χ1n) is 5.40. The largest absolute Gasteiger partial charge is 0.481 e. The van der Waals surface area contributed by atoms with E-state index < -0.39 is 5.97 Å². The van der Waals surface area contributed by atoms with Crippen molar-refractivity contribution in [3.8, 4) is 0 Å². The van der Waals surface area contributed by atoms with Crippen LogP contribution in [0.25, 0.3) is 22.1 Å². The first kappa shape index (κ1) is 11.1. The number of hydrogen-bond acceptors (Lipinski definition) is 4. The molecule has 3 aromatic rings. The van der Waals surface area contributed by atoms with E-state index in [1.165, 1.54) is 11.8 Å². The van der Waals surface area contributed by atoms with Crippen LogP contribution >= 0.6 is 11.8 Å². The van der Waals surface area contributed by atoms with Gasteiger partial charge in [0.2, 0.25) is 0 Å². The van der Waals surface area contributed by atoms with Crippen molar-refractivity contribution in [3.63, 3.8) is 0 Å². The molecular formula is C11H10N4O2S. The Balaban J connectivity index is 1.88. The summed E-state index contributed by atoms with van der Waals surface area (Å²) in [6, 6.07) is 3.85. The average Bonchev–Trinajstić information content (AvgIpc) is 2.89. The van der Waals surface area contributed by atoms with Gasteiger partial charge < -0.3 is 15.1 Å². The van der Waals surface area contributed by atoms with E-state index in [2.05, 4.69) is 19.9 Å². The lowest BCUT2D eigenvalue weighted by atomic mass is 10.3. The summed E-state index contributed by atoms with van der Waals surface area (Å²) >= 11 is 1.41. The van der Waals surface area contributed by atoms with Crippen molar-refractivity contribution in [2.75, 3.05) is 5.75 Å². The number of hydrogen-bond donors (Lipinski definition) is 3. The summed E-state index contributed by atoms with van der Waals surface area (Å²) in [5.74, 6) is -0.290. The predicted octanol–water partition coefficient (Wildman–Crippen LogP) is 2.01. The number of fused-ring (bicyclic) bond motifs is 2. The summed E-state index contributed by atoms with van der Waals surface area (Å²) in [6.45, 7) is 0. The highest BCUT2D eigenvalue weighted by atomic mass is 32.2. The molecule has 0 aliphatic heterocycles. The maximum absolute atomic E-state index is 10.4. The molecule has 1 aromatic carbocycles. The van der Waals surface area contributed by atoms with Gasteiger partial charge in [-0.05, 0) is 12.1 Å². The third-order valence-electron chi connectivity index (χ3n) is 2.56. The Morgan fingerprint density at radius 2 is 2.22 bits per heavy atom. The second-order valence-electron chi connectivity index (χ2n) is 3.82. The Bertz CT molecular complexity index is 670. The topological polar surface area (TPSA) is 94.7 Å². The van der Waals surface area contributed by atoms with Crippen LogP contribution in [0.1, 0.15) is 6.42 Å². The number of thioether (sulfide) groups is 1. The fraction of sp³-hybridized carbons (Fsp3) is 0.182. The molecule has 0 atom stereocenters. The molecule has 92 valence electrons. The van der Waals surface area contributed by atoms with E-state index >= 15 is 0 Å². The van der Waals surface area contributed by atoms with Gasteiger partial charge >= 0.3 is 5.97 Å². The molecule has 3 N–H and O–H groups in total. The van der Waals surface area contributed by atoms with Crippen LogP contribution in [0.5, 0.6) is 0 Å². The van der Waals surface area contributed by atoms with Crippen LogP contribution in [0, 0.1) is 0 Å². The van der Waals surface area contributed by atoms with Crippen LogP contribution in [-0.2, 0) is 4.79 Å². The monoisotopic (exact) mass is 262 g/mol. The zero-order valence-electron chi connectivity index (χ0n) is 9.30. The number of carbonyl (C=O) groups is 1. The zero-order chi connectivity index (χ0) is 12.5. The van der Waals surface area contributed by atoms with Gasteiger partial charge in [-0.1, -0.05) is 11.8 Å². The molecule has 0 amide bonds. The molecule has 0 saturated heterocycles. The highest BCUT2D eigenvalue weighted by Crippen LogP contribution is 2.23. The Labute approximate surface area is 106 Å². The van der Waals surface area contributed by atoms with Gasteiger partial charge in [0, 0.05) is 5.75 Å². The van der Waals surface area contributed by atoms with Gasteiger partial charge in [0.1, 0.15) is 0 Å². The van der Waals surface area contributed by atoms with E-state index in [1.54, 1.807) is 6.33 Å². The number of aromatic nitrogens is 4. The number of nitrogens with one attached hydrogen (secondary N) is 2. The van der Waals surface area contributed by atoms with Crippen LogP contribution in [0.4, 0.5) is 0 Å². The number of H-pyrrole nitrogens is 2. The van der Waals surface area contributed by atoms with Gasteiger partial charge in [-0.3, -0.25) is 4.79 Å². The van der Waals surface area contributed by atoms with Crippen molar-refractivity contribution < 1.29 is 9.90 Å². The molecule has 18 heavy (non-hydrogen) atoms. The normalized spacial score (nSPS) is 11.3. The van der Waals surface area contributed by atoms with Crippen molar-refractivity contribution in [2.24, 2.45) is 0 Å². The molecular weight excluding hydrogens is 252 g/mol. The SMILES string of the molecule is O=C(O)CCSc1nc2cc3nc[nH]c3cc2[nH]1. The van der Waals surface area contributed by atoms with Gasteiger partial charge in [0.15, 0.2) is 5.16 Å². The number of carboxylic acids is 1. The van der Waals surface area contributed by atoms with E-state index in [0.29, 0.717) is 5.75 Å². The number of aromatic amines is 2. The Kier molecular flexibility index (Phi) is 2.67. The maximum atomic E-state index is 10.4. The molecule has 3 rings (SSSR count). The first-order valence-corrected chi connectivity index (χ1v) is 6.38. The number of rotatable bonds is 4. The second-order valence-corrected chi connectivity index (χ2v) is 4.91. The van der Waals surface area contributed by atoms with Gasteiger partial charge in [-0.25, -0.2) is 9.97 Å². The number of imidazole rings is 2. The summed E-state index contributed by atoms with van der Waals surface area (Å²) in [4.78, 5) is 25.2. The second kappa shape index (κ2) is 4.34. The summed E-state index contributed by atoms with van der Waals surface area (Å²) < 4.78 is 0. The zero-order valence-corrected chi connectivity index (χ0v) is 10.1. The van der Waals surface area contributed by atoms with Crippen molar-refractivity contribution in [2.45, 2.75) is 11.6 Å². The van der Waals surface area contributed by atoms with Crippen molar-refractivity contribution in [3.05, 3.63) is 18.5 Å². The Morgan fingerprint density at radius 3 is 3.06 bits per heavy atom. The maximum Gasteiger partial charge on any atom is 0.304 e. The Hall–Kier alpha value is -2.02. The minimum absolute atomic E-state index is 0.129. The minimum atomic E-state index is -0.795. The van der Waals surface area contributed by atoms with Crippen LogP contribution in [-0.4, -0.2) is 36.8 Å². The Morgan fingerprint density at radius 1 is 1.33 bits per heavy atom. The lowest BCUT2D eigenvalue weighted by Gasteiger charge is -1.92. The summed E-state index contributed by atoms with van der Waals surface area (Å²) in [5.41, 5.74) is 3.58. The van der Waals surface area contributed by atoms with E-state index in [0.717, 1.165) is 27.2 Å². The minimum Gasteiger partial charge on any atom is -0.481 e. The van der Waals surface area contributed by atoms with Crippen LogP contribution in [0.15, 0.2) is 23.6 Å². The highest BCUT2D eigenvalue weighted by molar-refractivity contribution is 7.99. The quantitative estimate of drug-likeness (QED) is 0.625. The summed E-state index contributed by atoms with van der Waals surface area (Å²) in [5, 5.41) is 9.31. The smallest absolute Gasteiger partial charge is 0.304 e. The molecule has 0 fully saturated rings. The number of benzene rings is 1. The number of aliphatic carboxylic acids is 1. The van der Waals surface area contributed by atoms with Crippen molar-refractivity contribution >= 4 is 39.8 Å². The highest BCUT2D eigenvalue weighted by Gasteiger charge is 2.07. The van der Waals surface area contributed by atoms with Gasteiger partial charge in [0.05, 0.1) is 34.8 Å². The van der Waals surface area contributed by atoms with Gasteiger partial charge in [0.25, 0.3) is 0 Å². The average molecular weight is 262 g/mol. The molecule has 0 aliphatic rings. The standard InChI is InChI=1S/C11H10N4O2S/c16-10(17)1-2-18-11-14-8-3-6-7(13-5-12-6)4-9(8)15-11/h3-5H,1-2H2,(H,12,13)(H,14,15)(H,16,17). The third-order valence-corrected chi connectivity index (χ3v) is 3.43. The van der Waals surface area contributed by atoms with E-state index in [9.17, 15) is 4.79 Å². The lowest BCUT2D eigenvalue weighted by Crippen LogP contribution is -1.95. The molecule has 2 aromatic heterocycles. The number of carboxylic acid groups (broad SMARTS) is 1. The molecule has 0 unspecified atom stereocenters. The molecule has 0 spiro atoms. The van der Waals surface area contributed by atoms with Gasteiger partial charge in [-0.2, -0.15) is 0 Å². The first-order chi connectivity index (χ1) is 8.72. The molecule has 0 aliphatic carbocycles. The lowest BCUT2D eigenvalue weighted by molar-refractivity contribution is -0.136. The summed E-state index contributed by atoms with van der Waals surface area (Å²) in [7, 11) is 0. The molecule has 6 nitrogen and oxygen atoms in total. The molecule has 0 saturated carbocycles. The fourth-order valence-corrected chi connectivity index (χ4v) is 2.53. The van der Waals surface area contributed by atoms with Crippen LogP contribution < -0.4 is 0 Å². The molecule has 0 radical (unpaired) electrons. The molecule has 7 heteroatoms. The van der Waals surface area contributed by atoms with E-state index in [4.69, 9.17) is 5.11 Å². The number of nitrogens with zero attached hydrogens (tertiary/aromatic N) is 2. The summed E-state index contributed by atoms with van der Waals surface area (Å²) in [6.07, 6.45) is 1.77. The van der Waals surface area contributed by atoms with Crippen molar-refractivity contribution in [1.29, 1.82) is 0 Å².